The Kier molecular flexibility index (Phi) is 4.79. The van der Waals surface area contributed by atoms with E-state index in [1.807, 2.05) is 0 Å². The third-order valence-electron chi connectivity index (χ3n) is 2.73. The molecule has 1 aromatic rings. The van der Waals surface area contributed by atoms with Gasteiger partial charge in [0.2, 0.25) is 0 Å². The summed E-state index contributed by atoms with van der Waals surface area (Å²) in [6, 6.07) is 2.72. The van der Waals surface area contributed by atoms with Crippen LogP contribution in [0, 0.1) is 10.1 Å². The lowest BCUT2D eigenvalue weighted by Gasteiger charge is -2.19. The number of benzene rings is 1. The molecule has 0 aliphatic carbocycles. The SMILES string of the molecule is CCN(CC)C(=O)c1ccc([N+](=O)[O-])cc1S(=O)(=O)O. The maximum absolute atomic E-state index is 12.1. The zero-order chi connectivity index (χ0) is 15.5. The van der Waals surface area contributed by atoms with Gasteiger partial charge in [-0.1, -0.05) is 0 Å². The second-order valence-electron chi connectivity index (χ2n) is 3.89. The Balaban J connectivity index is 3.48. The van der Waals surface area contributed by atoms with Crippen LogP contribution in [0.25, 0.3) is 0 Å². The van der Waals surface area contributed by atoms with Gasteiger partial charge in [0.15, 0.2) is 0 Å². The van der Waals surface area contributed by atoms with E-state index < -0.39 is 31.5 Å². The van der Waals surface area contributed by atoms with Gasteiger partial charge in [-0.15, -0.1) is 0 Å². The predicted molar refractivity (Wildman–Crippen MR) is 70.2 cm³/mol. The summed E-state index contributed by atoms with van der Waals surface area (Å²) in [6.07, 6.45) is 0. The van der Waals surface area contributed by atoms with Gasteiger partial charge in [-0.2, -0.15) is 8.42 Å². The van der Waals surface area contributed by atoms with E-state index in [-0.39, 0.29) is 5.56 Å². The summed E-state index contributed by atoms with van der Waals surface area (Å²) in [6.45, 7) is 4.11. The molecule has 1 aromatic carbocycles. The summed E-state index contributed by atoms with van der Waals surface area (Å²) in [5, 5.41) is 10.6. The van der Waals surface area contributed by atoms with Crippen LogP contribution in [0.2, 0.25) is 0 Å². The lowest BCUT2D eigenvalue weighted by atomic mass is 10.1. The van der Waals surface area contributed by atoms with Crippen LogP contribution in [-0.4, -0.2) is 41.8 Å². The van der Waals surface area contributed by atoms with Gasteiger partial charge >= 0.3 is 0 Å². The monoisotopic (exact) mass is 302 g/mol. The number of hydrogen-bond donors (Lipinski definition) is 1. The Bertz CT molecular complexity index is 636. The second kappa shape index (κ2) is 5.97. The van der Waals surface area contributed by atoms with Crippen LogP contribution in [0.1, 0.15) is 24.2 Å². The molecule has 0 bridgehead atoms. The number of nitro groups is 1. The number of carbonyl (C=O) groups is 1. The highest BCUT2D eigenvalue weighted by atomic mass is 32.2. The number of hydrogen-bond acceptors (Lipinski definition) is 5. The fraction of sp³-hybridized carbons (Fsp3) is 0.364. The number of nitrogens with zero attached hydrogens (tertiary/aromatic N) is 2. The van der Waals surface area contributed by atoms with Gasteiger partial charge in [-0.25, -0.2) is 0 Å². The molecule has 1 N–H and O–H groups in total. The molecule has 0 saturated carbocycles. The summed E-state index contributed by atoms with van der Waals surface area (Å²) in [5.41, 5.74) is -0.810. The minimum atomic E-state index is -4.74. The van der Waals surface area contributed by atoms with Crippen molar-refractivity contribution in [2.24, 2.45) is 0 Å². The number of non-ortho nitro benzene ring substituents is 1. The summed E-state index contributed by atoms with van der Waals surface area (Å²) < 4.78 is 31.7. The summed E-state index contributed by atoms with van der Waals surface area (Å²) in [4.78, 5) is 22.6. The number of carbonyl (C=O) groups excluding carboxylic acids is 1. The minimum Gasteiger partial charge on any atom is -0.339 e. The van der Waals surface area contributed by atoms with E-state index >= 15 is 0 Å². The first-order chi connectivity index (χ1) is 9.22. The van der Waals surface area contributed by atoms with Gasteiger partial charge < -0.3 is 4.90 Å². The molecule has 1 rings (SSSR count). The average molecular weight is 302 g/mol. The molecule has 0 saturated heterocycles. The van der Waals surface area contributed by atoms with Crippen molar-refractivity contribution < 1.29 is 22.7 Å². The predicted octanol–water partition coefficient (Wildman–Crippen LogP) is 1.32. The lowest BCUT2D eigenvalue weighted by molar-refractivity contribution is -0.385. The fourth-order valence-corrected chi connectivity index (χ4v) is 2.40. The molecule has 1 amide bonds. The van der Waals surface area contributed by atoms with Crippen molar-refractivity contribution in [2.45, 2.75) is 18.7 Å². The molecule has 8 nitrogen and oxygen atoms in total. The first kappa shape index (κ1) is 16.1. The number of rotatable bonds is 5. The molecule has 0 heterocycles. The largest absolute Gasteiger partial charge is 0.339 e. The Labute approximate surface area is 115 Å². The number of amides is 1. The quantitative estimate of drug-likeness (QED) is 0.498. The fourth-order valence-electron chi connectivity index (χ4n) is 1.70. The molecule has 0 radical (unpaired) electrons. The molecule has 9 heteroatoms. The molecule has 0 fully saturated rings. The van der Waals surface area contributed by atoms with Crippen molar-refractivity contribution in [3.05, 3.63) is 33.9 Å². The van der Waals surface area contributed by atoms with Gasteiger partial charge in [0.1, 0.15) is 4.90 Å². The molecule has 110 valence electrons. The zero-order valence-electron chi connectivity index (χ0n) is 10.9. The van der Waals surface area contributed by atoms with E-state index in [1.54, 1.807) is 13.8 Å². The Morgan fingerprint density at radius 1 is 1.35 bits per heavy atom. The summed E-state index contributed by atoms with van der Waals surface area (Å²) >= 11 is 0. The highest BCUT2D eigenvalue weighted by Crippen LogP contribution is 2.23. The second-order valence-corrected chi connectivity index (χ2v) is 5.28. The van der Waals surface area contributed by atoms with Gasteiger partial charge in [0, 0.05) is 25.2 Å². The van der Waals surface area contributed by atoms with E-state index in [4.69, 9.17) is 4.55 Å². The smallest absolute Gasteiger partial charge is 0.295 e. The molecule has 0 aromatic heterocycles. The van der Waals surface area contributed by atoms with Gasteiger partial charge in [0.05, 0.1) is 10.5 Å². The van der Waals surface area contributed by atoms with Crippen LogP contribution < -0.4 is 0 Å². The van der Waals surface area contributed by atoms with Crippen LogP contribution >= 0.6 is 0 Å². The number of nitro benzene ring substituents is 1. The topological polar surface area (TPSA) is 118 Å². The van der Waals surface area contributed by atoms with Crippen LogP contribution in [0.3, 0.4) is 0 Å². The van der Waals surface area contributed by atoms with Crippen molar-refractivity contribution in [2.75, 3.05) is 13.1 Å². The van der Waals surface area contributed by atoms with E-state index in [1.165, 1.54) is 4.90 Å². The van der Waals surface area contributed by atoms with Crippen LogP contribution in [0.4, 0.5) is 5.69 Å². The molecular formula is C11H14N2O6S. The maximum atomic E-state index is 12.1. The van der Waals surface area contributed by atoms with E-state index in [2.05, 4.69) is 0 Å². The normalized spacial score (nSPS) is 11.2. The standard InChI is InChI=1S/C11H14N2O6S/c1-3-12(4-2)11(14)9-6-5-8(13(15)16)7-10(9)20(17,18)19/h5-7H,3-4H2,1-2H3,(H,17,18,19). The van der Waals surface area contributed by atoms with Gasteiger partial charge in [-0.05, 0) is 19.9 Å². The van der Waals surface area contributed by atoms with E-state index in [9.17, 15) is 23.3 Å². The Morgan fingerprint density at radius 2 is 1.90 bits per heavy atom. The van der Waals surface area contributed by atoms with Crippen LogP contribution in [-0.2, 0) is 10.1 Å². The summed E-state index contributed by atoms with van der Waals surface area (Å²) in [7, 11) is -4.74. The summed E-state index contributed by atoms with van der Waals surface area (Å²) in [5.74, 6) is -0.613. The van der Waals surface area contributed by atoms with Crippen LogP contribution in [0.15, 0.2) is 23.1 Å². The van der Waals surface area contributed by atoms with Crippen molar-refractivity contribution in [1.29, 1.82) is 0 Å². The minimum absolute atomic E-state index is 0.290. The van der Waals surface area contributed by atoms with Crippen molar-refractivity contribution in [3.63, 3.8) is 0 Å². The van der Waals surface area contributed by atoms with Gasteiger partial charge in [-0.3, -0.25) is 19.5 Å². The third-order valence-corrected chi connectivity index (χ3v) is 3.63. The third kappa shape index (κ3) is 3.31. The van der Waals surface area contributed by atoms with Crippen molar-refractivity contribution in [3.8, 4) is 0 Å². The van der Waals surface area contributed by atoms with Crippen molar-refractivity contribution in [1.82, 2.24) is 4.90 Å². The molecular weight excluding hydrogens is 288 g/mol. The highest BCUT2D eigenvalue weighted by Gasteiger charge is 2.25. The maximum Gasteiger partial charge on any atom is 0.295 e. The highest BCUT2D eigenvalue weighted by molar-refractivity contribution is 7.86. The molecule has 0 unspecified atom stereocenters. The molecule has 0 aliphatic rings. The molecule has 0 atom stereocenters. The van der Waals surface area contributed by atoms with Crippen molar-refractivity contribution >= 4 is 21.7 Å². The molecule has 0 spiro atoms. The average Bonchev–Trinajstić information content (AvgIpc) is 2.38. The van der Waals surface area contributed by atoms with E-state index in [0.717, 1.165) is 12.1 Å². The molecule has 20 heavy (non-hydrogen) atoms. The zero-order valence-corrected chi connectivity index (χ0v) is 11.8. The van der Waals surface area contributed by atoms with Crippen LogP contribution in [0.5, 0.6) is 0 Å². The van der Waals surface area contributed by atoms with Gasteiger partial charge in [0.25, 0.3) is 21.7 Å². The first-order valence-corrected chi connectivity index (χ1v) is 7.21. The first-order valence-electron chi connectivity index (χ1n) is 5.77. The lowest BCUT2D eigenvalue weighted by Crippen LogP contribution is -2.31. The molecule has 0 aliphatic heterocycles. The Hall–Kier alpha value is -2.00. The Morgan fingerprint density at radius 3 is 2.30 bits per heavy atom. The van der Waals surface area contributed by atoms with E-state index in [0.29, 0.717) is 19.2 Å².